The largest absolute Gasteiger partial charge is 0.392 e. The van der Waals surface area contributed by atoms with Crippen molar-refractivity contribution >= 4 is 26.0 Å². The van der Waals surface area contributed by atoms with Gasteiger partial charge >= 0.3 is 0 Å². The van der Waals surface area contributed by atoms with Crippen LogP contribution >= 0.6 is 15.9 Å². The van der Waals surface area contributed by atoms with Crippen LogP contribution in [0.2, 0.25) is 0 Å². The zero-order chi connectivity index (χ0) is 15.5. The first-order valence-corrected chi connectivity index (χ1v) is 8.64. The minimum Gasteiger partial charge on any atom is -0.392 e. The standard InChI is InChI=1S/C15H16BrNO3S/c1-11-5-6-14(16)8-15(11)21(19,20)17-9-12-3-2-4-13(7-12)10-18/h2-8,17-18H,9-10H2,1H3. The van der Waals surface area contributed by atoms with Crippen molar-refractivity contribution in [3.05, 3.63) is 63.6 Å². The smallest absolute Gasteiger partial charge is 0.241 e. The Balaban J connectivity index is 2.19. The van der Waals surface area contributed by atoms with Crippen molar-refractivity contribution in [2.45, 2.75) is 25.0 Å². The van der Waals surface area contributed by atoms with E-state index in [4.69, 9.17) is 5.11 Å². The first-order valence-electron chi connectivity index (χ1n) is 6.37. The number of hydrogen-bond donors (Lipinski definition) is 2. The summed E-state index contributed by atoms with van der Waals surface area (Å²) >= 11 is 3.28. The fourth-order valence-electron chi connectivity index (χ4n) is 1.96. The van der Waals surface area contributed by atoms with Crippen LogP contribution in [-0.4, -0.2) is 13.5 Å². The monoisotopic (exact) mass is 369 g/mol. The van der Waals surface area contributed by atoms with E-state index in [9.17, 15) is 8.42 Å². The number of aryl methyl sites for hydroxylation is 1. The number of aliphatic hydroxyl groups excluding tert-OH is 1. The second-order valence-corrected chi connectivity index (χ2v) is 7.36. The van der Waals surface area contributed by atoms with Gasteiger partial charge in [-0.15, -0.1) is 0 Å². The Morgan fingerprint density at radius 1 is 1.14 bits per heavy atom. The van der Waals surface area contributed by atoms with Gasteiger partial charge in [0.25, 0.3) is 0 Å². The van der Waals surface area contributed by atoms with Gasteiger partial charge < -0.3 is 5.11 Å². The van der Waals surface area contributed by atoms with Crippen molar-refractivity contribution in [2.24, 2.45) is 0 Å². The van der Waals surface area contributed by atoms with Crippen LogP contribution in [-0.2, 0) is 23.2 Å². The van der Waals surface area contributed by atoms with E-state index >= 15 is 0 Å². The quantitative estimate of drug-likeness (QED) is 0.851. The molecule has 2 rings (SSSR count). The Morgan fingerprint density at radius 2 is 1.86 bits per heavy atom. The average molecular weight is 370 g/mol. The summed E-state index contributed by atoms with van der Waals surface area (Å²) in [5, 5.41) is 9.09. The molecule has 2 aromatic rings. The van der Waals surface area contributed by atoms with Gasteiger partial charge in [0.2, 0.25) is 10.0 Å². The molecular weight excluding hydrogens is 354 g/mol. The minimum absolute atomic E-state index is 0.0642. The van der Waals surface area contributed by atoms with Crippen LogP contribution in [0, 0.1) is 6.92 Å². The Labute approximate surface area is 133 Å². The normalized spacial score (nSPS) is 11.6. The predicted octanol–water partition coefficient (Wildman–Crippen LogP) is 2.73. The summed E-state index contributed by atoms with van der Waals surface area (Å²) in [6.45, 7) is 1.88. The number of benzene rings is 2. The summed E-state index contributed by atoms with van der Waals surface area (Å²) in [4.78, 5) is 0.259. The molecule has 0 spiro atoms. The van der Waals surface area contributed by atoms with Crippen LogP contribution in [0.4, 0.5) is 0 Å². The number of sulfonamides is 1. The van der Waals surface area contributed by atoms with Crippen LogP contribution < -0.4 is 4.72 Å². The molecule has 112 valence electrons. The van der Waals surface area contributed by atoms with E-state index in [0.29, 0.717) is 5.56 Å². The van der Waals surface area contributed by atoms with E-state index < -0.39 is 10.0 Å². The first kappa shape index (κ1) is 16.2. The zero-order valence-corrected chi connectivity index (χ0v) is 13.9. The Bertz CT molecular complexity index is 744. The maximum atomic E-state index is 12.4. The molecule has 0 aliphatic carbocycles. The molecule has 0 unspecified atom stereocenters. The van der Waals surface area contributed by atoms with E-state index in [1.165, 1.54) is 0 Å². The molecule has 4 nitrogen and oxygen atoms in total. The molecule has 0 heterocycles. The van der Waals surface area contributed by atoms with Crippen molar-refractivity contribution < 1.29 is 13.5 Å². The number of hydrogen-bond acceptors (Lipinski definition) is 3. The maximum Gasteiger partial charge on any atom is 0.241 e. The molecular formula is C15H16BrNO3S. The lowest BCUT2D eigenvalue weighted by atomic mass is 10.1. The van der Waals surface area contributed by atoms with Crippen molar-refractivity contribution in [3.63, 3.8) is 0 Å². The molecule has 21 heavy (non-hydrogen) atoms. The molecule has 2 N–H and O–H groups in total. The molecule has 0 bridgehead atoms. The first-order chi connectivity index (χ1) is 9.92. The summed E-state index contributed by atoms with van der Waals surface area (Å²) in [6, 6.07) is 12.3. The van der Waals surface area contributed by atoms with Gasteiger partial charge in [-0.2, -0.15) is 0 Å². The van der Waals surface area contributed by atoms with Crippen LogP contribution in [0.3, 0.4) is 0 Å². The van der Waals surface area contributed by atoms with Crippen molar-refractivity contribution in [1.29, 1.82) is 0 Å². The molecule has 0 aliphatic heterocycles. The third-order valence-electron chi connectivity index (χ3n) is 3.08. The van der Waals surface area contributed by atoms with Crippen LogP contribution in [0.1, 0.15) is 16.7 Å². The van der Waals surface area contributed by atoms with Gasteiger partial charge in [0.05, 0.1) is 11.5 Å². The summed E-state index contributed by atoms with van der Waals surface area (Å²) in [5.41, 5.74) is 2.25. The topological polar surface area (TPSA) is 66.4 Å². The highest BCUT2D eigenvalue weighted by atomic mass is 79.9. The van der Waals surface area contributed by atoms with Crippen molar-refractivity contribution in [1.82, 2.24) is 4.72 Å². The van der Waals surface area contributed by atoms with Crippen LogP contribution in [0.25, 0.3) is 0 Å². The van der Waals surface area contributed by atoms with Crippen LogP contribution in [0.15, 0.2) is 51.8 Å². The van der Waals surface area contributed by atoms with Gasteiger partial charge in [0.15, 0.2) is 0 Å². The minimum atomic E-state index is -3.57. The molecule has 2 aromatic carbocycles. The molecule has 0 saturated heterocycles. The van der Waals surface area contributed by atoms with Gasteiger partial charge in [-0.1, -0.05) is 46.3 Å². The molecule has 0 atom stereocenters. The summed E-state index contributed by atoms with van der Waals surface area (Å²) < 4.78 is 28.0. The maximum absolute atomic E-state index is 12.4. The molecule has 0 saturated carbocycles. The lowest BCUT2D eigenvalue weighted by Gasteiger charge is -2.10. The number of aliphatic hydroxyl groups is 1. The van der Waals surface area contributed by atoms with Crippen molar-refractivity contribution in [3.8, 4) is 0 Å². The van der Waals surface area contributed by atoms with Gasteiger partial charge in [-0.3, -0.25) is 0 Å². The van der Waals surface area contributed by atoms with Crippen molar-refractivity contribution in [2.75, 3.05) is 0 Å². The molecule has 0 fully saturated rings. The molecule has 0 aliphatic rings. The van der Waals surface area contributed by atoms with Gasteiger partial charge in [0.1, 0.15) is 0 Å². The molecule has 0 amide bonds. The highest BCUT2D eigenvalue weighted by molar-refractivity contribution is 9.10. The van der Waals surface area contributed by atoms with E-state index in [0.717, 1.165) is 15.6 Å². The average Bonchev–Trinajstić information content (AvgIpc) is 2.48. The third-order valence-corrected chi connectivity index (χ3v) is 5.12. The van der Waals surface area contributed by atoms with Gasteiger partial charge in [-0.25, -0.2) is 13.1 Å². The molecule has 0 aromatic heterocycles. The Kier molecular flexibility index (Phi) is 5.16. The third kappa shape index (κ3) is 4.14. The van der Waals surface area contributed by atoms with Gasteiger partial charge in [0, 0.05) is 11.0 Å². The summed E-state index contributed by atoms with van der Waals surface area (Å²) in [7, 11) is -3.57. The van der Waals surface area contributed by atoms with E-state index in [2.05, 4.69) is 20.7 Å². The highest BCUT2D eigenvalue weighted by Gasteiger charge is 2.16. The molecule has 0 radical (unpaired) electrons. The fourth-order valence-corrected chi connectivity index (χ4v) is 3.76. The number of nitrogens with one attached hydrogen (secondary N) is 1. The van der Waals surface area contributed by atoms with E-state index in [1.807, 2.05) is 6.07 Å². The van der Waals surface area contributed by atoms with Gasteiger partial charge in [-0.05, 0) is 35.7 Å². The lowest BCUT2D eigenvalue weighted by molar-refractivity contribution is 0.281. The fraction of sp³-hybridized carbons (Fsp3) is 0.200. The number of halogens is 1. The second kappa shape index (κ2) is 6.70. The molecule has 6 heteroatoms. The summed E-state index contributed by atoms with van der Waals surface area (Å²) in [6.07, 6.45) is 0. The number of rotatable bonds is 5. The van der Waals surface area contributed by atoms with E-state index in [1.54, 1.807) is 43.3 Å². The Hall–Kier alpha value is -1.21. The predicted molar refractivity (Wildman–Crippen MR) is 85.3 cm³/mol. The zero-order valence-electron chi connectivity index (χ0n) is 11.5. The summed E-state index contributed by atoms with van der Waals surface area (Å²) in [5.74, 6) is 0. The second-order valence-electron chi connectivity index (χ2n) is 4.71. The van der Waals surface area contributed by atoms with Crippen LogP contribution in [0.5, 0.6) is 0 Å². The SMILES string of the molecule is Cc1ccc(Br)cc1S(=O)(=O)NCc1cccc(CO)c1. The highest BCUT2D eigenvalue weighted by Crippen LogP contribution is 2.20. The van der Waals surface area contributed by atoms with E-state index in [-0.39, 0.29) is 18.0 Å². The Morgan fingerprint density at radius 3 is 2.57 bits per heavy atom. The lowest BCUT2D eigenvalue weighted by Crippen LogP contribution is -2.24.